The number of ether oxygens (including phenoxy) is 1. The zero-order valence-corrected chi connectivity index (χ0v) is 20.7. The van der Waals surface area contributed by atoms with Crippen LogP contribution in [0.4, 0.5) is 14.9 Å². The zero-order chi connectivity index (χ0) is 25.9. The number of anilines is 1. The van der Waals surface area contributed by atoms with Gasteiger partial charge in [0.2, 0.25) is 4.96 Å². The third-order valence-electron chi connectivity index (χ3n) is 6.02. The summed E-state index contributed by atoms with van der Waals surface area (Å²) in [4.78, 5) is 46.1. The highest BCUT2D eigenvalue weighted by Crippen LogP contribution is 2.26. The molecule has 4 aromatic rings. The Morgan fingerprint density at radius 2 is 1.81 bits per heavy atom. The second-order valence-electron chi connectivity index (χ2n) is 8.40. The van der Waals surface area contributed by atoms with Crippen molar-refractivity contribution in [3.8, 4) is 10.6 Å². The van der Waals surface area contributed by atoms with E-state index in [-0.39, 0.29) is 17.2 Å². The summed E-state index contributed by atoms with van der Waals surface area (Å²) in [6.45, 7) is 2.52. The van der Waals surface area contributed by atoms with E-state index in [0.29, 0.717) is 59.6 Å². The smallest absolute Gasteiger partial charge is 0.339 e. The molecular weight excluding hydrogens is 499 g/mol. The molecular formula is C25H23FN6O4S. The maximum absolute atomic E-state index is 14.2. The van der Waals surface area contributed by atoms with Gasteiger partial charge in [-0.25, -0.2) is 19.0 Å². The number of rotatable bonds is 5. The number of esters is 1. The topological polar surface area (TPSA) is 109 Å². The lowest BCUT2D eigenvalue weighted by Crippen LogP contribution is -2.49. The molecule has 2 amide bonds. The summed E-state index contributed by atoms with van der Waals surface area (Å²) in [6, 6.07) is 14.1. The highest BCUT2D eigenvalue weighted by molar-refractivity contribution is 7.19. The summed E-state index contributed by atoms with van der Waals surface area (Å²) in [5.41, 5.74) is 1.24. The van der Waals surface area contributed by atoms with Gasteiger partial charge in [-0.05, 0) is 24.3 Å². The molecule has 1 aliphatic rings. The van der Waals surface area contributed by atoms with Crippen LogP contribution >= 0.6 is 11.3 Å². The van der Waals surface area contributed by atoms with Crippen molar-refractivity contribution in [2.45, 2.75) is 6.54 Å². The third kappa shape index (κ3) is 5.20. The van der Waals surface area contributed by atoms with Crippen LogP contribution in [0, 0.1) is 5.82 Å². The summed E-state index contributed by atoms with van der Waals surface area (Å²) >= 11 is 1.15. The number of carbonyl (C=O) groups excluding carboxylic acids is 2. The lowest BCUT2D eigenvalue weighted by atomic mass is 10.2. The summed E-state index contributed by atoms with van der Waals surface area (Å²) in [6.07, 6.45) is 0. The molecule has 190 valence electrons. The number of hydrogen-bond acceptors (Lipinski definition) is 8. The van der Waals surface area contributed by atoms with E-state index in [1.807, 2.05) is 0 Å². The average Bonchev–Trinajstić information content (AvgIpc) is 3.34. The SMILES string of the molecule is COC(=O)c1ccccc1NC(=O)N1CCN(Cc2cc(=O)n3nc(-c4ccccc4F)sc3n2)CC1. The van der Waals surface area contributed by atoms with Crippen molar-refractivity contribution in [2.75, 3.05) is 38.6 Å². The number of fused-ring (bicyclic) bond motifs is 1. The Kier molecular flexibility index (Phi) is 6.93. The lowest BCUT2D eigenvalue weighted by molar-refractivity contribution is 0.0602. The monoisotopic (exact) mass is 522 g/mol. The predicted octanol–water partition coefficient (Wildman–Crippen LogP) is 3.09. The second-order valence-corrected chi connectivity index (χ2v) is 9.35. The molecule has 0 saturated carbocycles. The van der Waals surface area contributed by atoms with Crippen LogP contribution in [0.15, 0.2) is 59.4 Å². The molecule has 2 aromatic heterocycles. The van der Waals surface area contributed by atoms with Crippen LogP contribution in [0.3, 0.4) is 0 Å². The number of piperazine rings is 1. The number of nitrogens with one attached hydrogen (secondary N) is 1. The molecule has 0 aliphatic carbocycles. The zero-order valence-electron chi connectivity index (χ0n) is 19.9. The molecule has 1 saturated heterocycles. The molecule has 0 spiro atoms. The van der Waals surface area contributed by atoms with Crippen molar-refractivity contribution >= 4 is 34.0 Å². The van der Waals surface area contributed by atoms with E-state index < -0.39 is 11.8 Å². The largest absolute Gasteiger partial charge is 0.465 e. The van der Waals surface area contributed by atoms with Crippen LogP contribution in [-0.2, 0) is 11.3 Å². The minimum absolute atomic E-state index is 0.283. The van der Waals surface area contributed by atoms with Gasteiger partial charge in [-0.2, -0.15) is 9.61 Å². The molecule has 0 atom stereocenters. The molecule has 1 N–H and O–H groups in total. The van der Waals surface area contributed by atoms with Crippen LogP contribution in [0.2, 0.25) is 0 Å². The van der Waals surface area contributed by atoms with E-state index in [4.69, 9.17) is 4.74 Å². The number of para-hydroxylation sites is 1. The Labute approximate surface area is 214 Å². The van der Waals surface area contributed by atoms with Crippen molar-refractivity contribution < 1.29 is 18.7 Å². The first kappa shape index (κ1) is 24.5. The Balaban J connectivity index is 1.23. The molecule has 5 rings (SSSR count). The van der Waals surface area contributed by atoms with Crippen LogP contribution < -0.4 is 10.9 Å². The minimum atomic E-state index is -0.525. The van der Waals surface area contributed by atoms with E-state index >= 15 is 0 Å². The molecule has 10 nitrogen and oxygen atoms in total. The Hall–Kier alpha value is -4.16. The van der Waals surface area contributed by atoms with Crippen LogP contribution in [0.5, 0.6) is 0 Å². The molecule has 0 unspecified atom stereocenters. The van der Waals surface area contributed by atoms with E-state index in [9.17, 15) is 18.8 Å². The van der Waals surface area contributed by atoms with Crippen LogP contribution in [0.1, 0.15) is 16.1 Å². The molecule has 0 radical (unpaired) electrons. The fourth-order valence-corrected chi connectivity index (χ4v) is 5.04. The number of urea groups is 1. The van der Waals surface area contributed by atoms with Gasteiger partial charge in [0.05, 0.1) is 24.1 Å². The lowest BCUT2D eigenvalue weighted by Gasteiger charge is -2.34. The van der Waals surface area contributed by atoms with Gasteiger partial charge in [-0.15, -0.1) is 0 Å². The van der Waals surface area contributed by atoms with E-state index in [1.165, 1.54) is 23.8 Å². The van der Waals surface area contributed by atoms with Crippen molar-refractivity contribution in [1.82, 2.24) is 24.4 Å². The van der Waals surface area contributed by atoms with Crippen molar-refractivity contribution in [1.29, 1.82) is 0 Å². The minimum Gasteiger partial charge on any atom is -0.465 e. The van der Waals surface area contributed by atoms with Gasteiger partial charge in [-0.3, -0.25) is 9.69 Å². The summed E-state index contributed by atoms with van der Waals surface area (Å²) in [7, 11) is 1.29. The van der Waals surface area contributed by atoms with Gasteiger partial charge in [0.15, 0.2) is 5.01 Å². The maximum atomic E-state index is 14.2. The number of amides is 2. The van der Waals surface area contributed by atoms with Gasteiger partial charge in [0.25, 0.3) is 5.56 Å². The van der Waals surface area contributed by atoms with Crippen molar-refractivity contribution in [2.24, 2.45) is 0 Å². The highest BCUT2D eigenvalue weighted by atomic mass is 32.1. The maximum Gasteiger partial charge on any atom is 0.339 e. The Bertz CT molecular complexity index is 1530. The quantitative estimate of drug-likeness (QED) is 0.401. The number of carbonyl (C=O) groups is 2. The molecule has 3 heterocycles. The molecule has 1 aliphatic heterocycles. The van der Waals surface area contributed by atoms with E-state index in [1.54, 1.807) is 47.4 Å². The van der Waals surface area contributed by atoms with E-state index in [2.05, 4.69) is 20.3 Å². The Morgan fingerprint density at radius 1 is 1.08 bits per heavy atom. The molecule has 1 fully saturated rings. The number of hydrogen-bond donors (Lipinski definition) is 1. The first-order valence-corrected chi connectivity index (χ1v) is 12.3. The van der Waals surface area contributed by atoms with Gasteiger partial charge in [0.1, 0.15) is 5.82 Å². The van der Waals surface area contributed by atoms with Gasteiger partial charge in [-0.1, -0.05) is 35.6 Å². The summed E-state index contributed by atoms with van der Waals surface area (Å²) < 4.78 is 20.1. The van der Waals surface area contributed by atoms with Gasteiger partial charge < -0.3 is 15.0 Å². The average molecular weight is 523 g/mol. The van der Waals surface area contributed by atoms with E-state index in [0.717, 1.165) is 11.3 Å². The third-order valence-corrected chi connectivity index (χ3v) is 6.96. The highest BCUT2D eigenvalue weighted by Gasteiger charge is 2.23. The van der Waals surface area contributed by atoms with Crippen LogP contribution in [0.25, 0.3) is 15.5 Å². The number of aromatic nitrogens is 3. The molecule has 12 heteroatoms. The normalized spacial score (nSPS) is 14.1. The number of halogens is 1. The summed E-state index contributed by atoms with van der Waals surface area (Å²) in [5.74, 6) is -0.937. The number of nitrogens with zero attached hydrogens (tertiary/aromatic N) is 5. The second kappa shape index (κ2) is 10.4. The van der Waals surface area contributed by atoms with Crippen molar-refractivity contribution in [3.63, 3.8) is 0 Å². The first-order valence-electron chi connectivity index (χ1n) is 11.5. The predicted molar refractivity (Wildman–Crippen MR) is 136 cm³/mol. The summed E-state index contributed by atoms with van der Waals surface area (Å²) in [5, 5.41) is 7.41. The molecule has 2 aromatic carbocycles. The Morgan fingerprint density at radius 3 is 2.57 bits per heavy atom. The first-order chi connectivity index (χ1) is 17.9. The number of benzene rings is 2. The van der Waals surface area contributed by atoms with Gasteiger partial charge >= 0.3 is 12.0 Å². The molecule has 0 bridgehead atoms. The standard InChI is InChI=1S/C25H23FN6O4S/c1-36-23(34)18-7-3-5-9-20(18)28-24(35)31-12-10-30(11-13-31)15-16-14-21(33)32-25(27-16)37-22(29-32)17-6-2-4-8-19(17)26/h2-9,14H,10-13,15H2,1H3,(H,28,35). The fraction of sp³-hybridized carbons (Fsp3) is 0.240. The van der Waals surface area contributed by atoms with Crippen LogP contribution in [-0.4, -0.2) is 69.7 Å². The van der Waals surface area contributed by atoms with Gasteiger partial charge in [0, 0.05) is 44.4 Å². The number of methoxy groups -OCH3 is 1. The molecule has 37 heavy (non-hydrogen) atoms. The fourth-order valence-electron chi connectivity index (χ4n) is 4.09. The van der Waals surface area contributed by atoms with Crippen molar-refractivity contribution in [3.05, 3.63) is 82.0 Å².